The second-order valence-corrected chi connectivity index (χ2v) is 3.31. The molecular formula is C11H7F2NO3. The third kappa shape index (κ3) is 2.30. The number of nitrogens with zero attached hydrogens (tertiary/aromatic N) is 1. The number of alkyl halides is 2. The van der Waals surface area contributed by atoms with E-state index in [1.165, 1.54) is 24.3 Å². The maximum atomic E-state index is 12.5. The number of benzene rings is 1. The molecule has 0 amide bonds. The van der Waals surface area contributed by atoms with E-state index in [9.17, 15) is 13.6 Å². The maximum Gasteiger partial charge on any atom is 0.374 e. The summed E-state index contributed by atoms with van der Waals surface area (Å²) in [5.74, 6) is -1.59. The van der Waals surface area contributed by atoms with E-state index >= 15 is 0 Å². The summed E-state index contributed by atoms with van der Waals surface area (Å²) in [7, 11) is 0. The molecule has 17 heavy (non-hydrogen) atoms. The Kier molecular flexibility index (Phi) is 2.86. The maximum absolute atomic E-state index is 12.5. The molecule has 0 spiro atoms. The molecule has 88 valence electrons. The molecule has 4 nitrogen and oxygen atoms in total. The smallest absolute Gasteiger partial charge is 0.374 e. The summed E-state index contributed by atoms with van der Waals surface area (Å²) in [6.45, 7) is 0. The monoisotopic (exact) mass is 239 g/mol. The molecule has 0 saturated heterocycles. The van der Waals surface area contributed by atoms with E-state index in [0.29, 0.717) is 5.56 Å². The zero-order valence-electron chi connectivity index (χ0n) is 8.43. The number of halogens is 2. The highest BCUT2D eigenvalue weighted by atomic mass is 19.3. The van der Waals surface area contributed by atoms with Crippen LogP contribution in [0.4, 0.5) is 8.78 Å². The van der Waals surface area contributed by atoms with Crippen molar-refractivity contribution in [3.8, 4) is 11.3 Å². The van der Waals surface area contributed by atoms with Crippen molar-refractivity contribution in [2.45, 2.75) is 6.43 Å². The first kappa shape index (κ1) is 11.3. The lowest BCUT2D eigenvalue weighted by Crippen LogP contribution is -1.91. The normalized spacial score (nSPS) is 10.8. The van der Waals surface area contributed by atoms with E-state index in [0.717, 1.165) is 0 Å². The number of rotatable bonds is 3. The van der Waals surface area contributed by atoms with Gasteiger partial charge in [0, 0.05) is 17.2 Å². The van der Waals surface area contributed by atoms with Crippen molar-refractivity contribution >= 4 is 5.97 Å². The highest BCUT2D eigenvalue weighted by Gasteiger charge is 2.14. The average molecular weight is 239 g/mol. The molecule has 0 aliphatic rings. The molecule has 0 bridgehead atoms. The summed E-state index contributed by atoms with van der Waals surface area (Å²) in [6.07, 6.45) is -2.58. The fourth-order valence-corrected chi connectivity index (χ4v) is 1.35. The molecule has 2 aromatic rings. The van der Waals surface area contributed by atoms with Gasteiger partial charge in [0.2, 0.25) is 5.76 Å². The molecule has 1 aromatic heterocycles. The zero-order valence-corrected chi connectivity index (χ0v) is 8.43. The Morgan fingerprint density at radius 2 is 2.12 bits per heavy atom. The Morgan fingerprint density at radius 3 is 2.71 bits per heavy atom. The molecule has 1 aromatic carbocycles. The van der Waals surface area contributed by atoms with Crippen LogP contribution in [0.2, 0.25) is 0 Å². The topological polar surface area (TPSA) is 63.3 Å². The fraction of sp³-hybridized carbons (Fsp3) is 0.0909. The summed E-state index contributed by atoms with van der Waals surface area (Å²) in [4.78, 5) is 10.6. The van der Waals surface area contributed by atoms with Crippen molar-refractivity contribution in [2.75, 3.05) is 0 Å². The van der Waals surface area contributed by atoms with Gasteiger partial charge in [0.05, 0.1) is 0 Å². The van der Waals surface area contributed by atoms with E-state index in [4.69, 9.17) is 5.11 Å². The van der Waals surface area contributed by atoms with Crippen molar-refractivity contribution in [3.05, 3.63) is 41.7 Å². The predicted molar refractivity (Wildman–Crippen MR) is 53.9 cm³/mol. The first-order chi connectivity index (χ1) is 8.08. The number of hydrogen-bond donors (Lipinski definition) is 1. The van der Waals surface area contributed by atoms with Gasteiger partial charge in [0.1, 0.15) is 5.69 Å². The van der Waals surface area contributed by atoms with E-state index < -0.39 is 12.4 Å². The quantitative estimate of drug-likeness (QED) is 0.894. The van der Waals surface area contributed by atoms with E-state index in [-0.39, 0.29) is 17.0 Å². The number of hydrogen-bond acceptors (Lipinski definition) is 3. The van der Waals surface area contributed by atoms with Gasteiger partial charge < -0.3 is 9.63 Å². The first-order valence-corrected chi connectivity index (χ1v) is 4.66. The van der Waals surface area contributed by atoms with Crippen molar-refractivity contribution in [1.82, 2.24) is 5.16 Å². The number of carboxylic acids is 1. The van der Waals surface area contributed by atoms with Gasteiger partial charge in [-0.2, -0.15) is 0 Å². The van der Waals surface area contributed by atoms with Gasteiger partial charge >= 0.3 is 5.97 Å². The van der Waals surface area contributed by atoms with E-state index in [2.05, 4.69) is 9.68 Å². The molecule has 0 unspecified atom stereocenters. The summed E-state index contributed by atoms with van der Waals surface area (Å²) >= 11 is 0. The predicted octanol–water partition coefficient (Wildman–Crippen LogP) is 2.98. The molecule has 0 aliphatic carbocycles. The van der Waals surface area contributed by atoms with Crippen LogP contribution in [-0.2, 0) is 0 Å². The molecule has 0 aliphatic heterocycles. The Bertz CT molecular complexity index is 551. The van der Waals surface area contributed by atoms with Gasteiger partial charge in [-0.25, -0.2) is 13.6 Å². The van der Waals surface area contributed by atoms with Crippen LogP contribution < -0.4 is 0 Å². The Labute approximate surface area is 94.5 Å². The van der Waals surface area contributed by atoms with Gasteiger partial charge in [0.15, 0.2) is 0 Å². The Morgan fingerprint density at radius 1 is 1.35 bits per heavy atom. The van der Waals surface area contributed by atoms with Gasteiger partial charge in [-0.05, 0) is 6.07 Å². The third-order valence-electron chi connectivity index (χ3n) is 2.16. The van der Waals surface area contributed by atoms with Gasteiger partial charge in [-0.15, -0.1) is 0 Å². The largest absolute Gasteiger partial charge is 0.475 e. The summed E-state index contributed by atoms with van der Waals surface area (Å²) in [6, 6.07) is 6.72. The van der Waals surface area contributed by atoms with Crippen molar-refractivity contribution in [2.24, 2.45) is 0 Å². The van der Waals surface area contributed by atoms with Crippen LogP contribution in [0.1, 0.15) is 22.5 Å². The second kappa shape index (κ2) is 4.32. The molecule has 0 atom stereocenters. The lowest BCUT2D eigenvalue weighted by atomic mass is 10.1. The molecule has 0 saturated carbocycles. The van der Waals surface area contributed by atoms with Gasteiger partial charge in [-0.3, -0.25) is 0 Å². The lowest BCUT2D eigenvalue weighted by Gasteiger charge is -2.00. The number of aromatic nitrogens is 1. The van der Waals surface area contributed by atoms with E-state index in [1.54, 1.807) is 6.07 Å². The first-order valence-electron chi connectivity index (χ1n) is 4.66. The standard InChI is InChI=1S/C11H7F2NO3/c12-10(13)7-3-1-2-6(4-7)8-5-9(11(15)16)17-14-8/h1-5,10H,(H,15,16). The SMILES string of the molecule is O=C(O)c1cc(-c2cccc(C(F)F)c2)no1. The summed E-state index contributed by atoms with van der Waals surface area (Å²) in [5.41, 5.74) is 0.450. The van der Waals surface area contributed by atoms with Crippen LogP contribution in [0.25, 0.3) is 11.3 Å². The second-order valence-electron chi connectivity index (χ2n) is 3.31. The van der Waals surface area contributed by atoms with Gasteiger partial charge in [0.25, 0.3) is 6.43 Å². The molecule has 1 N–H and O–H groups in total. The number of carbonyl (C=O) groups is 1. The molecular weight excluding hydrogens is 232 g/mol. The summed E-state index contributed by atoms with van der Waals surface area (Å²) in [5, 5.41) is 12.1. The minimum atomic E-state index is -2.58. The van der Waals surface area contributed by atoms with Crippen molar-refractivity contribution < 1.29 is 23.2 Å². The minimum absolute atomic E-state index is 0.151. The van der Waals surface area contributed by atoms with Crippen LogP contribution in [-0.4, -0.2) is 16.2 Å². The Hall–Kier alpha value is -2.24. The molecule has 1 heterocycles. The average Bonchev–Trinajstić information content (AvgIpc) is 2.78. The molecule has 0 radical (unpaired) electrons. The highest BCUT2D eigenvalue weighted by Crippen LogP contribution is 2.25. The molecule has 0 fully saturated rings. The summed E-state index contributed by atoms with van der Waals surface area (Å²) < 4.78 is 29.5. The van der Waals surface area contributed by atoms with Crippen LogP contribution in [0, 0.1) is 0 Å². The van der Waals surface area contributed by atoms with Crippen LogP contribution in [0.3, 0.4) is 0 Å². The van der Waals surface area contributed by atoms with Crippen LogP contribution in [0.5, 0.6) is 0 Å². The van der Waals surface area contributed by atoms with E-state index in [1.807, 2.05) is 0 Å². The fourth-order valence-electron chi connectivity index (χ4n) is 1.35. The Balaban J connectivity index is 2.38. The number of carboxylic acid groups (broad SMARTS) is 1. The van der Waals surface area contributed by atoms with Gasteiger partial charge in [-0.1, -0.05) is 23.4 Å². The molecule has 6 heteroatoms. The highest BCUT2D eigenvalue weighted by molar-refractivity contribution is 5.85. The van der Waals surface area contributed by atoms with Crippen molar-refractivity contribution in [1.29, 1.82) is 0 Å². The minimum Gasteiger partial charge on any atom is -0.475 e. The van der Waals surface area contributed by atoms with Crippen LogP contribution in [0.15, 0.2) is 34.9 Å². The molecule has 2 rings (SSSR count). The zero-order chi connectivity index (χ0) is 12.4. The number of aromatic carboxylic acids is 1. The lowest BCUT2D eigenvalue weighted by molar-refractivity contribution is 0.0652. The van der Waals surface area contributed by atoms with Crippen molar-refractivity contribution in [3.63, 3.8) is 0 Å². The third-order valence-corrected chi connectivity index (χ3v) is 2.16. The van der Waals surface area contributed by atoms with Crippen LogP contribution >= 0.6 is 0 Å².